The van der Waals surface area contributed by atoms with Gasteiger partial charge in [-0.05, 0) is 80.7 Å². The smallest absolute Gasteiger partial charge is 0.347 e. The molecule has 32 heavy (non-hydrogen) atoms. The molecule has 0 aliphatic heterocycles. The number of carbonyl (C=O) groups is 1. The van der Waals surface area contributed by atoms with Gasteiger partial charge in [0.2, 0.25) is 0 Å². The lowest BCUT2D eigenvalue weighted by Crippen LogP contribution is -2.37. The number of fused-ring (bicyclic) bond motifs is 1. The zero-order valence-corrected chi connectivity index (χ0v) is 18.8. The first kappa shape index (κ1) is 22.3. The molecule has 0 aromatic heterocycles. The second kappa shape index (κ2) is 8.91. The maximum absolute atomic E-state index is 14.2. The summed E-state index contributed by atoms with van der Waals surface area (Å²) < 4.78 is 19.8. The fourth-order valence-corrected chi connectivity index (χ4v) is 4.69. The zero-order valence-electron chi connectivity index (χ0n) is 18.8. The Balaban J connectivity index is 1.40. The molecule has 0 amide bonds. The van der Waals surface area contributed by atoms with Crippen LogP contribution in [0.5, 0.6) is 5.75 Å². The van der Waals surface area contributed by atoms with Gasteiger partial charge < -0.3 is 15.2 Å². The Hall–Kier alpha value is -2.92. The van der Waals surface area contributed by atoms with Gasteiger partial charge in [0.1, 0.15) is 11.6 Å². The first-order valence-corrected chi connectivity index (χ1v) is 11.2. The fourth-order valence-electron chi connectivity index (χ4n) is 4.69. The van der Waals surface area contributed by atoms with Crippen molar-refractivity contribution >= 4 is 16.7 Å². The lowest BCUT2D eigenvalue weighted by molar-refractivity contribution is -0.152. The number of rotatable bonds is 7. The lowest BCUT2D eigenvalue weighted by Gasteiger charge is -2.22. The molecule has 4 nitrogen and oxygen atoms in total. The molecule has 0 bridgehead atoms. The molecule has 0 radical (unpaired) electrons. The van der Waals surface area contributed by atoms with E-state index in [1.807, 2.05) is 54.6 Å². The van der Waals surface area contributed by atoms with Crippen LogP contribution in [-0.2, 0) is 4.79 Å². The van der Waals surface area contributed by atoms with Crippen LogP contribution in [-0.4, -0.2) is 22.7 Å². The molecule has 0 heterocycles. The molecule has 0 spiro atoms. The summed E-state index contributed by atoms with van der Waals surface area (Å²) in [7, 11) is 0. The largest absolute Gasteiger partial charge is 0.478 e. The quantitative estimate of drug-likeness (QED) is 0.463. The first-order chi connectivity index (χ1) is 15.2. The van der Waals surface area contributed by atoms with Gasteiger partial charge in [0, 0.05) is 17.5 Å². The van der Waals surface area contributed by atoms with Gasteiger partial charge in [-0.1, -0.05) is 42.5 Å². The molecule has 3 atom stereocenters. The van der Waals surface area contributed by atoms with E-state index in [0.29, 0.717) is 23.1 Å². The molecule has 3 aromatic rings. The van der Waals surface area contributed by atoms with Crippen molar-refractivity contribution in [2.24, 2.45) is 0 Å². The van der Waals surface area contributed by atoms with Crippen molar-refractivity contribution in [1.82, 2.24) is 5.32 Å². The maximum Gasteiger partial charge on any atom is 0.347 e. The van der Waals surface area contributed by atoms with E-state index in [4.69, 9.17) is 4.74 Å². The van der Waals surface area contributed by atoms with E-state index >= 15 is 0 Å². The fraction of sp³-hybridized carbons (Fsp3) is 0.370. The Morgan fingerprint density at radius 3 is 2.44 bits per heavy atom. The predicted octanol–water partition coefficient (Wildman–Crippen LogP) is 6.21. The van der Waals surface area contributed by atoms with Gasteiger partial charge in [0.25, 0.3) is 0 Å². The van der Waals surface area contributed by atoms with Gasteiger partial charge in [-0.2, -0.15) is 0 Å². The van der Waals surface area contributed by atoms with E-state index in [2.05, 4.69) is 12.2 Å². The zero-order chi connectivity index (χ0) is 22.9. The van der Waals surface area contributed by atoms with Crippen molar-refractivity contribution in [3.05, 3.63) is 77.6 Å². The monoisotopic (exact) mass is 435 g/mol. The van der Waals surface area contributed by atoms with Crippen LogP contribution in [0, 0.1) is 5.82 Å². The topological polar surface area (TPSA) is 58.6 Å². The van der Waals surface area contributed by atoms with Crippen LogP contribution in [0.25, 0.3) is 10.8 Å². The molecule has 1 aliphatic rings. The van der Waals surface area contributed by atoms with E-state index in [1.54, 1.807) is 19.9 Å². The van der Waals surface area contributed by atoms with Crippen molar-refractivity contribution in [1.29, 1.82) is 0 Å². The summed E-state index contributed by atoms with van der Waals surface area (Å²) in [5, 5.41) is 14.6. The number of ether oxygens (including phenoxy) is 1. The van der Waals surface area contributed by atoms with E-state index in [1.165, 1.54) is 5.56 Å². The number of carboxylic acid groups (broad SMARTS) is 1. The number of benzene rings is 3. The Labute approximate surface area is 188 Å². The summed E-state index contributed by atoms with van der Waals surface area (Å²) in [6.45, 7) is 5.23. The minimum absolute atomic E-state index is 0.123. The predicted molar refractivity (Wildman–Crippen MR) is 125 cm³/mol. The highest BCUT2D eigenvalue weighted by molar-refractivity contribution is 5.86. The minimum Gasteiger partial charge on any atom is -0.478 e. The third-order valence-electron chi connectivity index (χ3n) is 6.53. The summed E-state index contributed by atoms with van der Waals surface area (Å²) in [5.41, 5.74) is 1.10. The van der Waals surface area contributed by atoms with Crippen molar-refractivity contribution in [2.75, 3.05) is 0 Å². The minimum atomic E-state index is -1.26. The molecule has 0 saturated heterocycles. The van der Waals surface area contributed by atoms with Gasteiger partial charge in [-0.25, -0.2) is 9.18 Å². The molecular weight excluding hydrogens is 405 g/mol. The number of aliphatic carboxylic acids is 1. The first-order valence-electron chi connectivity index (χ1n) is 11.2. The van der Waals surface area contributed by atoms with Crippen LogP contribution in [0.2, 0.25) is 0 Å². The van der Waals surface area contributed by atoms with Crippen molar-refractivity contribution < 1.29 is 19.0 Å². The summed E-state index contributed by atoms with van der Waals surface area (Å²) in [6.07, 6.45) is 3.21. The Morgan fingerprint density at radius 1 is 1.06 bits per heavy atom. The van der Waals surface area contributed by atoms with Gasteiger partial charge in [0.15, 0.2) is 5.60 Å². The van der Waals surface area contributed by atoms with E-state index in [9.17, 15) is 14.3 Å². The summed E-state index contributed by atoms with van der Waals surface area (Å²) in [4.78, 5) is 11.3. The second-order valence-corrected chi connectivity index (χ2v) is 9.26. The third-order valence-corrected chi connectivity index (χ3v) is 6.53. The van der Waals surface area contributed by atoms with Crippen LogP contribution in [0.1, 0.15) is 63.1 Å². The second-order valence-electron chi connectivity index (χ2n) is 9.26. The highest BCUT2D eigenvalue weighted by Crippen LogP contribution is 2.37. The van der Waals surface area contributed by atoms with E-state index in [0.717, 1.165) is 30.2 Å². The SMILES string of the molecule is C[C@@H](NC1CCC(c2ccc(OC(C)(C)C(=O)O)cc2)C1)c1ccc(F)c2ccccc12. The maximum atomic E-state index is 14.2. The highest BCUT2D eigenvalue weighted by atomic mass is 19.1. The molecule has 1 fully saturated rings. The lowest BCUT2D eigenvalue weighted by atomic mass is 9.96. The molecule has 2 unspecified atom stereocenters. The highest BCUT2D eigenvalue weighted by Gasteiger charge is 2.30. The average molecular weight is 436 g/mol. The van der Waals surface area contributed by atoms with Crippen molar-refractivity contribution in [2.45, 2.75) is 63.6 Å². The van der Waals surface area contributed by atoms with Crippen LogP contribution >= 0.6 is 0 Å². The van der Waals surface area contributed by atoms with Gasteiger partial charge >= 0.3 is 5.97 Å². The normalized spacial score (nSPS) is 19.8. The number of hydrogen-bond donors (Lipinski definition) is 2. The standard InChI is InChI=1S/C27H30FNO3/c1-17(22-14-15-25(28)24-7-5-4-6-23(22)24)29-20-11-8-19(16-20)18-9-12-21(13-10-18)32-27(2,3)26(30)31/h4-7,9-10,12-15,17,19-20,29H,8,11,16H2,1-3H3,(H,30,31)/t17-,19?,20?/m1/s1. The summed E-state index contributed by atoms with van der Waals surface area (Å²) in [5.74, 6) is -0.164. The number of nitrogens with one attached hydrogen (secondary N) is 1. The molecular formula is C27H30FNO3. The van der Waals surface area contributed by atoms with Crippen molar-refractivity contribution in [3.63, 3.8) is 0 Å². The molecule has 5 heteroatoms. The summed E-state index contributed by atoms with van der Waals surface area (Å²) >= 11 is 0. The Bertz CT molecular complexity index is 1110. The van der Waals surface area contributed by atoms with Crippen LogP contribution in [0.3, 0.4) is 0 Å². The molecule has 1 aliphatic carbocycles. The molecule has 3 aromatic carbocycles. The van der Waals surface area contributed by atoms with Gasteiger partial charge in [-0.3, -0.25) is 0 Å². The van der Waals surface area contributed by atoms with Crippen LogP contribution < -0.4 is 10.1 Å². The number of carboxylic acids is 1. The van der Waals surface area contributed by atoms with Crippen LogP contribution in [0.4, 0.5) is 4.39 Å². The van der Waals surface area contributed by atoms with Gasteiger partial charge in [0.05, 0.1) is 0 Å². The molecule has 168 valence electrons. The summed E-state index contributed by atoms with van der Waals surface area (Å²) in [6, 6.07) is 19.4. The number of hydrogen-bond acceptors (Lipinski definition) is 3. The molecule has 4 rings (SSSR count). The Morgan fingerprint density at radius 2 is 1.75 bits per heavy atom. The third kappa shape index (κ3) is 4.63. The molecule has 1 saturated carbocycles. The van der Waals surface area contributed by atoms with Crippen LogP contribution in [0.15, 0.2) is 60.7 Å². The Kier molecular flexibility index (Phi) is 6.20. The van der Waals surface area contributed by atoms with Gasteiger partial charge in [-0.15, -0.1) is 0 Å². The van der Waals surface area contributed by atoms with E-state index < -0.39 is 11.6 Å². The number of halogens is 1. The van der Waals surface area contributed by atoms with Crippen molar-refractivity contribution in [3.8, 4) is 5.75 Å². The molecule has 2 N–H and O–H groups in total. The van der Waals surface area contributed by atoms with E-state index in [-0.39, 0.29) is 11.9 Å². The average Bonchev–Trinajstić information content (AvgIpc) is 3.22.